The lowest BCUT2D eigenvalue weighted by atomic mass is 10.2. The molecule has 0 aliphatic carbocycles. The maximum atomic E-state index is 14.0. The van der Waals surface area contributed by atoms with Gasteiger partial charge in [0.05, 0.1) is 11.3 Å². The molecule has 0 aliphatic rings. The summed E-state index contributed by atoms with van der Waals surface area (Å²) in [4.78, 5) is 6.54. The predicted octanol–water partition coefficient (Wildman–Crippen LogP) is 3.48. The van der Waals surface area contributed by atoms with Gasteiger partial charge in [0.25, 0.3) is 0 Å². The molecule has 0 fully saturated rings. The zero-order valence-corrected chi connectivity index (χ0v) is 12.0. The van der Waals surface area contributed by atoms with Gasteiger partial charge in [-0.15, -0.1) is 23.1 Å². The van der Waals surface area contributed by atoms with Crippen molar-refractivity contribution in [2.75, 3.05) is 12.8 Å². The van der Waals surface area contributed by atoms with Gasteiger partial charge in [-0.25, -0.2) is 9.37 Å². The van der Waals surface area contributed by atoms with Crippen LogP contribution in [0.5, 0.6) is 0 Å². The highest BCUT2D eigenvalue weighted by atomic mass is 32.2. The van der Waals surface area contributed by atoms with Crippen molar-refractivity contribution in [2.45, 2.75) is 18.2 Å². The van der Waals surface area contributed by atoms with Crippen LogP contribution >= 0.6 is 23.1 Å². The summed E-state index contributed by atoms with van der Waals surface area (Å²) < 4.78 is 14.0. The molecule has 18 heavy (non-hydrogen) atoms. The Bertz CT molecular complexity index is 552. The Labute approximate surface area is 114 Å². The van der Waals surface area contributed by atoms with Crippen LogP contribution in [0, 0.1) is 12.7 Å². The van der Waals surface area contributed by atoms with Crippen LogP contribution in [0.3, 0.4) is 0 Å². The topological polar surface area (TPSA) is 38.9 Å². The van der Waals surface area contributed by atoms with Crippen LogP contribution in [0.4, 0.5) is 4.39 Å². The van der Waals surface area contributed by atoms with Crippen molar-refractivity contribution in [3.05, 3.63) is 34.6 Å². The Morgan fingerprint density at radius 3 is 2.89 bits per heavy atom. The minimum atomic E-state index is -0.213. The number of benzene rings is 1. The number of thiazole rings is 1. The maximum Gasteiger partial charge on any atom is 0.134 e. The zero-order chi connectivity index (χ0) is 13.1. The Morgan fingerprint density at radius 1 is 1.44 bits per heavy atom. The lowest BCUT2D eigenvalue weighted by molar-refractivity contribution is 0.628. The lowest BCUT2D eigenvalue weighted by Gasteiger charge is -2.04. The SMILES string of the molecule is CSc1cccc(F)c1-c1nc(C)c(CCN)s1. The van der Waals surface area contributed by atoms with E-state index in [9.17, 15) is 4.39 Å². The number of hydrogen-bond donors (Lipinski definition) is 1. The molecule has 2 rings (SSSR count). The molecule has 0 saturated carbocycles. The Hall–Kier alpha value is -0.910. The molecule has 5 heteroatoms. The van der Waals surface area contributed by atoms with Crippen LogP contribution < -0.4 is 5.73 Å². The van der Waals surface area contributed by atoms with Gasteiger partial charge in [-0.2, -0.15) is 0 Å². The smallest absolute Gasteiger partial charge is 0.134 e. The van der Waals surface area contributed by atoms with Crippen molar-refractivity contribution in [3.8, 4) is 10.6 Å². The van der Waals surface area contributed by atoms with Crippen molar-refractivity contribution in [3.63, 3.8) is 0 Å². The van der Waals surface area contributed by atoms with E-state index in [2.05, 4.69) is 4.98 Å². The minimum absolute atomic E-state index is 0.213. The normalized spacial score (nSPS) is 10.9. The summed E-state index contributed by atoms with van der Waals surface area (Å²) >= 11 is 3.07. The van der Waals surface area contributed by atoms with Gasteiger partial charge in [-0.3, -0.25) is 0 Å². The largest absolute Gasteiger partial charge is 0.330 e. The number of aromatic nitrogens is 1. The fourth-order valence-electron chi connectivity index (χ4n) is 1.78. The predicted molar refractivity (Wildman–Crippen MR) is 76.8 cm³/mol. The third kappa shape index (κ3) is 2.58. The van der Waals surface area contributed by atoms with Gasteiger partial charge in [0.2, 0.25) is 0 Å². The van der Waals surface area contributed by atoms with Crippen LogP contribution in [0.15, 0.2) is 23.1 Å². The summed E-state index contributed by atoms with van der Waals surface area (Å²) in [6.07, 6.45) is 2.74. The fourth-order valence-corrected chi connectivity index (χ4v) is 3.60. The monoisotopic (exact) mass is 282 g/mol. The number of thioether (sulfide) groups is 1. The third-order valence-electron chi connectivity index (χ3n) is 2.67. The van der Waals surface area contributed by atoms with Gasteiger partial charge in [0.1, 0.15) is 10.8 Å². The summed E-state index contributed by atoms with van der Waals surface area (Å²) in [6.45, 7) is 2.54. The van der Waals surface area contributed by atoms with E-state index in [1.807, 2.05) is 19.2 Å². The zero-order valence-electron chi connectivity index (χ0n) is 10.4. The summed E-state index contributed by atoms with van der Waals surface area (Å²) in [6, 6.07) is 5.13. The lowest BCUT2D eigenvalue weighted by Crippen LogP contribution is -2.01. The molecule has 0 aliphatic heterocycles. The second-order valence-electron chi connectivity index (χ2n) is 3.88. The van der Waals surface area contributed by atoms with E-state index in [4.69, 9.17) is 5.73 Å². The summed E-state index contributed by atoms with van der Waals surface area (Å²) in [5, 5.41) is 0.749. The highest BCUT2D eigenvalue weighted by Gasteiger charge is 2.16. The standard InChI is InChI=1S/C13H15FN2S2/c1-8-10(6-7-15)18-13(16-8)12-9(14)4-3-5-11(12)17-2/h3-5H,6-7,15H2,1-2H3. The molecule has 0 unspecified atom stereocenters. The Morgan fingerprint density at radius 2 is 2.22 bits per heavy atom. The second kappa shape index (κ2) is 5.82. The van der Waals surface area contributed by atoms with Gasteiger partial charge in [-0.05, 0) is 38.3 Å². The van der Waals surface area contributed by atoms with E-state index < -0.39 is 0 Å². The van der Waals surface area contributed by atoms with Crippen LogP contribution in [-0.2, 0) is 6.42 Å². The Kier molecular flexibility index (Phi) is 4.37. The molecule has 1 heterocycles. The van der Waals surface area contributed by atoms with Gasteiger partial charge >= 0.3 is 0 Å². The highest BCUT2D eigenvalue weighted by Crippen LogP contribution is 2.36. The van der Waals surface area contributed by atoms with Crippen LogP contribution in [-0.4, -0.2) is 17.8 Å². The van der Waals surface area contributed by atoms with Crippen LogP contribution in [0.1, 0.15) is 10.6 Å². The van der Waals surface area contributed by atoms with Crippen molar-refractivity contribution in [2.24, 2.45) is 5.73 Å². The van der Waals surface area contributed by atoms with Crippen molar-refractivity contribution >= 4 is 23.1 Å². The average Bonchev–Trinajstić information content (AvgIpc) is 2.70. The molecule has 96 valence electrons. The van der Waals surface area contributed by atoms with Gasteiger partial charge < -0.3 is 5.73 Å². The number of rotatable bonds is 4. The molecule has 1 aromatic carbocycles. The molecular formula is C13H15FN2S2. The first-order valence-corrected chi connectivity index (χ1v) is 7.70. The second-order valence-corrected chi connectivity index (χ2v) is 5.82. The first-order chi connectivity index (χ1) is 8.67. The van der Waals surface area contributed by atoms with Gasteiger partial charge in [0.15, 0.2) is 0 Å². The summed E-state index contributed by atoms with van der Waals surface area (Å²) in [5.41, 5.74) is 7.13. The number of hydrogen-bond acceptors (Lipinski definition) is 4. The number of halogens is 1. The molecule has 0 radical (unpaired) electrons. The molecule has 2 nitrogen and oxygen atoms in total. The maximum absolute atomic E-state index is 14.0. The first-order valence-electron chi connectivity index (χ1n) is 5.66. The van der Waals surface area contributed by atoms with Gasteiger partial charge in [-0.1, -0.05) is 6.07 Å². The quantitative estimate of drug-likeness (QED) is 0.873. The van der Waals surface area contributed by atoms with Gasteiger partial charge in [0, 0.05) is 9.77 Å². The van der Waals surface area contributed by atoms with E-state index in [-0.39, 0.29) is 5.82 Å². The van der Waals surface area contributed by atoms with E-state index in [0.717, 1.165) is 26.9 Å². The molecule has 2 aromatic rings. The molecule has 0 spiro atoms. The molecule has 1 aromatic heterocycles. The number of aryl methyl sites for hydroxylation is 1. The summed E-state index contributed by atoms with van der Waals surface area (Å²) in [5.74, 6) is -0.213. The van der Waals surface area contributed by atoms with E-state index in [1.165, 1.54) is 29.2 Å². The highest BCUT2D eigenvalue weighted by molar-refractivity contribution is 7.98. The van der Waals surface area contributed by atoms with E-state index >= 15 is 0 Å². The molecule has 0 bridgehead atoms. The van der Waals surface area contributed by atoms with Crippen LogP contribution in [0.2, 0.25) is 0 Å². The van der Waals surface area contributed by atoms with E-state index in [0.29, 0.717) is 12.1 Å². The fraction of sp³-hybridized carbons (Fsp3) is 0.308. The first kappa shape index (κ1) is 13.5. The molecular weight excluding hydrogens is 267 g/mol. The molecule has 0 amide bonds. The number of nitrogens with zero attached hydrogens (tertiary/aromatic N) is 1. The van der Waals surface area contributed by atoms with Crippen molar-refractivity contribution < 1.29 is 4.39 Å². The summed E-state index contributed by atoms with van der Waals surface area (Å²) in [7, 11) is 0. The third-order valence-corrected chi connectivity index (χ3v) is 4.69. The molecule has 2 N–H and O–H groups in total. The van der Waals surface area contributed by atoms with E-state index in [1.54, 1.807) is 6.07 Å². The molecule has 0 saturated heterocycles. The van der Waals surface area contributed by atoms with Crippen molar-refractivity contribution in [1.29, 1.82) is 0 Å². The average molecular weight is 282 g/mol. The minimum Gasteiger partial charge on any atom is -0.330 e. The molecule has 0 atom stereocenters. The Balaban J connectivity index is 2.51. The van der Waals surface area contributed by atoms with Crippen molar-refractivity contribution in [1.82, 2.24) is 4.98 Å². The number of nitrogens with two attached hydrogens (primary N) is 1. The van der Waals surface area contributed by atoms with Crippen LogP contribution in [0.25, 0.3) is 10.6 Å².